The van der Waals surface area contributed by atoms with Gasteiger partial charge in [-0.05, 0) is 31.0 Å². The second-order valence-electron chi connectivity index (χ2n) is 6.59. The molecule has 0 aliphatic carbocycles. The quantitative estimate of drug-likeness (QED) is 0.424. The van der Waals surface area contributed by atoms with Gasteiger partial charge in [-0.3, -0.25) is 14.3 Å². The van der Waals surface area contributed by atoms with Crippen LogP contribution in [0.25, 0.3) is 10.2 Å². The Labute approximate surface area is 181 Å². The van der Waals surface area contributed by atoms with E-state index in [4.69, 9.17) is 0 Å². The number of thiazole rings is 1. The monoisotopic (exact) mass is 439 g/mol. The first-order valence-electron chi connectivity index (χ1n) is 9.63. The summed E-state index contributed by atoms with van der Waals surface area (Å²) in [7, 11) is 0. The molecule has 0 atom stereocenters. The number of aromatic amines is 1. The highest BCUT2D eigenvalue weighted by atomic mass is 32.2. The minimum atomic E-state index is -0.264. The number of anilines is 1. The molecule has 4 aromatic rings. The molecule has 0 saturated heterocycles. The maximum Gasteiger partial charge on any atom is 0.343 e. The molecule has 7 nitrogen and oxygen atoms in total. The number of fused-ring (bicyclic) bond motifs is 1. The van der Waals surface area contributed by atoms with E-state index in [1.165, 1.54) is 23.1 Å². The highest BCUT2D eigenvalue weighted by molar-refractivity contribution is 7.99. The third-order valence-corrected chi connectivity index (χ3v) is 6.67. The number of para-hydroxylation sites is 1. The van der Waals surface area contributed by atoms with E-state index in [1.54, 1.807) is 9.47 Å². The smallest absolute Gasteiger partial charge is 0.288 e. The fraction of sp³-hybridized carbons (Fsp3) is 0.238. The average molecular weight is 440 g/mol. The number of aromatic nitrogens is 4. The van der Waals surface area contributed by atoms with Crippen LogP contribution in [-0.2, 0) is 17.8 Å². The second kappa shape index (κ2) is 9.27. The molecule has 2 aromatic carbocycles. The fourth-order valence-corrected chi connectivity index (χ4v) is 4.99. The van der Waals surface area contributed by atoms with Crippen LogP contribution in [0.4, 0.5) is 5.13 Å². The van der Waals surface area contributed by atoms with Crippen molar-refractivity contribution in [3.05, 3.63) is 70.6 Å². The molecule has 0 radical (unpaired) electrons. The SMILES string of the molecule is CCN(C(=O)CSc1n[nH]c(=O)n1CCc1ccccc1)c1nc2ccccc2s1. The largest absolute Gasteiger partial charge is 0.343 e. The van der Waals surface area contributed by atoms with E-state index in [0.29, 0.717) is 29.8 Å². The number of thioether (sulfide) groups is 1. The van der Waals surface area contributed by atoms with Crippen LogP contribution in [-0.4, -0.2) is 38.0 Å². The summed E-state index contributed by atoms with van der Waals surface area (Å²) in [6.45, 7) is 2.96. The van der Waals surface area contributed by atoms with E-state index in [-0.39, 0.29) is 17.3 Å². The Morgan fingerprint density at radius 2 is 1.93 bits per heavy atom. The van der Waals surface area contributed by atoms with Gasteiger partial charge in [-0.15, -0.1) is 5.10 Å². The lowest BCUT2D eigenvalue weighted by molar-refractivity contribution is -0.116. The van der Waals surface area contributed by atoms with E-state index < -0.39 is 0 Å². The van der Waals surface area contributed by atoms with E-state index >= 15 is 0 Å². The van der Waals surface area contributed by atoms with Crippen molar-refractivity contribution in [1.29, 1.82) is 0 Å². The number of aryl methyl sites for hydroxylation is 1. The second-order valence-corrected chi connectivity index (χ2v) is 8.54. The summed E-state index contributed by atoms with van der Waals surface area (Å²) < 4.78 is 2.63. The van der Waals surface area contributed by atoms with Crippen LogP contribution in [0.2, 0.25) is 0 Å². The number of H-pyrrole nitrogens is 1. The van der Waals surface area contributed by atoms with Gasteiger partial charge in [0.25, 0.3) is 0 Å². The summed E-state index contributed by atoms with van der Waals surface area (Å²) >= 11 is 2.76. The minimum absolute atomic E-state index is 0.0633. The van der Waals surface area contributed by atoms with E-state index in [1.807, 2.05) is 61.5 Å². The summed E-state index contributed by atoms with van der Waals surface area (Å²) in [5, 5.41) is 7.79. The predicted octanol–water partition coefficient (Wildman–Crippen LogP) is 3.57. The molecule has 2 heterocycles. The Bertz CT molecular complexity index is 1170. The molecule has 0 saturated carbocycles. The third kappa shape index (κ3) is 4.47. The first-order chi connectivity index (χ1) is 14.7. The molecule has 9 heteroatoms. The van der Waals surface area contributed by atoms with Gasteiger partial charge in [0.2, 0.25) is 5.91 Å². The minimum Gasteiger partial charge on any atom is -0.288 e. The van der Waals surface area contributed by atoms with Crippen LogP contribution in [0.1, 0.15) is 12.5 Å². The number of amides is 1. The van der Waals surface area contributed by atoms with Crippen molar-refractivity contribution >= 4 is 44.4 Å². The van der Waals surface area contributed by atoms with Crippen molar-refractivity contribution in [2.24, 2.45) is 0 Å². The lowest BCUT2D eigenvalue weighted by atomic mass is 10.1. The molecule has 0 spiro atoms. The maximum absolute atomic E-state index is 12.9. The molecule has 154 valence electrons. The average Bonchev–Trinajstić information content (AvgIpc) is 3.35. The van der Waals surface area contributed by atoms with Crippen LogP contribution in [0, 0.1) is 0 Å². The molecular formula is C21H21N5O2S2. The Hall–Kier alpha value is -2.91. The number of rotatable bonds is 8. The number of hydrogen-bond donors (Lipinski definition) is 1. The number of nitrogens with one attached hydrogen (secondary N) is 1. The zero-order valence-electron chi connectivity index (χ0n) is 16.4. The summed E-state index contributed by atoms with van der Waals surface area (Å²) in [6.07, 6.45) is 0.717. The third-order valence-electron chi connectivity index (χ3n) is 4.65. The first kappa shape index (κ1) is 20.4. The van der Waals surface area contributed by atoms with Crippen molar-refractivity contribution < 1.29 is 4.79 Å². The fourth-order valence-electron chi connectivity index (χ4n) is 3.09. The highest BCUT2D eigenvalue weighted by Crippen LogP contribution is 2.29. The standard InChI is InChI=1S/C21H21N5O2S2/c1-2-25(20-22-16-10-6-7-11-17(16)30-20)18(27)14-29-21-24-23-19(28)26(21)13-12-15-8-4-3-5-9-15/h3-11H,2,12-14H2,1H3,(H,23,28). The number of carbonyl (C=O) groups excluding carboxylic acids is 1. The number of benzene rings is 2. The molecule has 0 aliphatic heterocycles. The summed E-state index contributed by atoms with van der Waals surface area (Å²) in [6, 6.07) is 17.8. The normalized spacial score (nSPS) is 11.1. The van der Waals surface area contributed by atoms with Crippen LogP contribution >= 0.6 is 23.1 Å². The van der Waals surface area contributed by atoms with Gasteiger partial charge < -0.3 is 0 Å². The molecular weight excluding hydrogens is 418 g/mol. The zero-order chi connectivity index (χ0) is 20.9. The van der Waals surface area contributed by atoms with Gasteiger partial charge in [0.15, 0.2) is 10.3 Å². The molecule has 0 fully saturated rings. The van der Waals surface area contributed by atoms with Crippen molar-refractivity contribution in [3.8, 4) is 0 Å². The first-order valence-corrected chi connectivity index (χ1v) is 11.4. The van der Waals surface area contributed by atoms with E-state index in [0.717, 1.165) is 15.8 Å². The van der Waals surface area contributed by atoms with Crippen LogP contribution < -0.4 is 10.6 Å². The lowest BCUT2D eigenvalue weighted by Crippen LogP contribution is -2.32. The summed E-state index contributed by atoms with van der Waals surface area (Å²) in [5.74, 6) is 0.117. The molecule has 1 amide bonds. The van der Waals surface area contributed by atoms with Crippen LogP contribution in [0.15, 0.2) is 64.5 Å². The van der Waals surface area contributed by atoms with E-state index in [9.17, 15) is 9.59 Å². The molecule has 0 aliphatic rings. The Balaban J connectivity index is 1.43. The highest BCUT2D eigenvalue weighted by Gasteiger charge is 2.20. The topological polar surface area (TPSA) is 83.9 Å². The zero-order valence-corrected chi connectivity index (χ0v) is 18.1. The molecule has 1 N–H and O–H groups in total. The van der Waals surface area contributed by atoms with Crippen molar-refractivity contribution in [3.63, 3.8) is 0 Å². The van der Waals surface area contributed by atoms with Gasteiger partial charge in [0.05, 0.1) is 16.0 Å². The Kier molecular flexibility index (Phi) is 6.29. The van der Waals surface area contributed by atoms with Gasteiger partial charge in [-0.2, -0.15) is 0 Å². The maximum atomic E-state index is 12.9. The van der Waals surface area contributed by atoms with Crippen molar-refractivity contribution in [2.45, 2.75) is 25.0 Å². The molecule has 30 heavy (non-hydrogen) atoms. The predicted molar refractivity (Wildman–Crippen MR) is 121 cm³/mol. The van der Waals surface area contributed by atoms with Crippen molar-refractivity contribution in [2.75, 3.05) is 17.2 Å². The number of nitrogens with zero attached hydrogens (tertiary/aromatic N) is 4. The molecule has 0 unspecified atom stereocenters. The van der Waals surface area contributed by atoms with Gasteiger partial charge >= 0.3 is 5.69 Å². The number of hydrogen-bond acceptors (Lipinski definition) is 6. The Morgan fingerprint density at radius 3 is 2.70 bits per heavy atom. The van der Waals surface area contributed by atoms with E-state index in [2.05, 4.69) is 15.2 Å². The van der Waals surface area contributed by atoms with Gasteiger partial charge in [0.1, 0.15) is 0 Å². The Morgan fingerprint density at radius 1 is 1.17 bits per heavy atom. The number of carbonyl (C=O) groups is 1. The van der Waals surface area contributed by atoms with Gasteiger partial charge in [0, 0.05) is 13.1 Å². The van der Waals surface area contributed by atoms with Crippen molar-refractivity contribution in [1.82, 2.24) is 19.7 Å². The van der Waals surface area contributed by atoms with Gasteiger partial charge in [-0.25, -0.2) is 14.9 Å². The lowest BCUT2D eigenvalue weighted by Gasteiger charge is -2.17. The summed E-state index contributed by atoms with van der Waals surface area (Å²) in [5.41, 5.74) is 1.77. The molecule has 2 aromatic heterocycles. The van der Waals surface area contributed by atoms with Gasteiger partial charge in [-0.1, -0.05) is 65.6 Å². The molecule has 0 bridgehead atoms. The summed E-state index contributed by atoms with van der Waals surface area (Å²) in [4.78, 5) is 31.3. The van der Waals surface area contributed by atoms with Crippen LogP contribution in [0.5, 0.6) is 0 Å². The molecule has 4 rings (SSSR count). The van der Waals surface area contributed by atoms with Crippen LogP contribution in [0.3, 0.4) is 0 Å².